The van der Waals surface area contributed by atoms with E-state index in [1.165, 1.54) is 0 Å². The van der Waals surface area contributed by atoms with Crippen LogP contribution in [0.5, 0.6) is 0 Å². The number of hydrogen-bond donors (Lipinski definition) is 2. The maximum atomic E-state index is 12.1. The minimum Gasteiger partial charge on any atom is -0.495 e. The molecule has 0 fully saturated rings. The Morgan fingerprint density at radius 2 is 1.90 bits per heavy atom. The van der Waals surface area contributed by atoms with Gasteiger partial charge in [-0.2, -0.15) is 0 Å². The highest BCUT2D eigenvalue weighted by molar-refractivity contribution is 9.10. The van der Waals surface area contributed by atoms with E-state index in [-0.39, 0.29) is 5.76 Å². The second-order valence-electron chi connectivity index (χ2n) is 7.46. The minimum atomic E-state index is -1.60. The van der Waals surface area contributed by atoms with E-state index in [1.54, 1.807) is 6.07 Å². The normalized spacial score (nSPS) is 12.8. The van der Waals surface area contributed by atoms with Crippen molar-refractivity contribution in [3.8, 4) is 0 Å². The number of anilines is 2. The maximum absolute atomic E-state index is 12.1. The lowest BCUT2D eigenvalue weighted by atomic mass is 9.82. The first kappa shape index (κ1) is 24.0. The molecule has 0 bridgehead atoms. The summed E-state index contributed by atoms with van der Waals surface area (Å²) in [6.45, 7) is 11.2. The molecule has 0 amide bonds. The van der Waals surface area contributed by atoms with E-state index in [2.05, 4.69) is 36.0 Å². The van der Waals surface area contributed by atoms with Gasteiger partial charge in [0.15, 0.2) is 5.60 Å². The van der Waals surface area contributed by atoms with Gasteiger partial charge >= 0.3 is 0 Å². The molecule has 30 heavy (non-hydrogen) atoms. The quantitative estimate of drug-likeness (QED) is 0.172. The van der Waals surface area contributed by atoms with Gasteiger partial charge in [0.05, 0.1) is 6.61 Å². The molecule has 2 aromatic carbocycles. The predicted molar refractivity (Wildman–Crippen MR) is 131 cm³/mol. The highest BCUT2D eigenvalue weighted by atomic mass is 79.9. The van der Waals surface area contributed by atoms with Gasteiger partial charge in [-0.05, 0) is 36.2 Å². The molecule has 2 aromatic rings. The molecular formula is C25H33BrN2O2. The lowest BCUT2D eigenvalue weighted by Gasteiger charge is -2.35. The second-order valence-corrected chi connectivity index (χ2v) is 8.38. The van der Waals surface area contributed by atoms with Gasteiger partial charge in [-0.15, -0.1) is 6.58 Å². The maximum Gasteiger partial charge on any atom is 0.175 e. The number of aliphatic hydroxyl groups is 1. The van der Waals surface area contributed by atoms with Crippen molar-refractivity contribution in [1.29, 1.82) is 0 Å². The van der Waals surface area contributed by atoms with Crippen molar-refractivity contribution in [2.45, 2.75) is 38.2 Å². The van der Waals surface area contributed by atoms with E-state index in [0.717, 1.165) is 35.8 Å². The van der Waals surface area contributed by atoms with Crippen LogP contribution in [0.1, 0.15) is 43.7 Å². The number of nitrogen functional groups attached to an aromatic ring is 1. The molecule has 5 heteroatoms. The van der Waals surface area contributed by atoms with E-state index in [0.29, 0.717) is 30.0 Å². The van der Waals surface area contributed by atoms with Crippen LogP contribution in [0.2, 0.25) is 0 Å². The SMILES string of the molecule is C=CCN(C)c1cccc(N)c1C(O)(C(=C)OCCCCCC)c1ccc(Br)cc1. The summed E-state index contributed by atoms with van der Waals surface area (Å²) in [4.78, 5) is 2.00. The van der Waals surface area contributed by atoms with Crippen LogP contribution in [-0.4, -0.2) is 25.3 Å². The Hall–Kier alpha value is -2.24. The number of rotatable bonds is 12. The van der Waals surface area contributed by atoms with Crippen LogP contribution in [0, 0.1) is 0 Å². The molecule has 0 aliphatic carbocycles. The number of ether oxygens (including phenoxy) is 1. The van der Waals surface area contributed by atoms with E-state index in [9.17, 15) is 5.11 Å². The van der Waals surface area contributed by atoms with Crippen LogP contribution < -0.4 is 10.6 Å². The first-order chi connectivity index (χ1) is 14.4. The van der Waals surface area contributed by atoms with Gasteiger partial charge in [-0.3, -0.25) is 0 Å². The molecule has 162 valence electrons. The third kappa shape index (κ3) is 5.46. The predicted octanol–water partition coefficient (Wildman–Crippen LogP) is 6.00. The third-order valence-corrected chi connectivity index (χ3v) is 5.72. The summed E-state index contributed by atoms with van der Waals surface area (Å²) in [5.74, 6) is 0.271. The lowest BCUT2D eigenvalue weighted by molar-refractivity contribution is 0.0395. The molecule has 0 aliphatic heterocycles. The summed E-state index contributed by atoms with van der Waals surface area (Å²) >= 11 is 3.46. The Morgan fingerprint density at radius 1 is 1.20 bits per heavy atom. The molecule has 3 N–H and O–H groups in total. The van der Waals surface area contributed by atoms with Crippen molar-refractivity contribution >= 4 is 27.3 Å². The van der Waals surface area contributed by atoms with Gasteiger partial charge in [0.2, 0.25) is 0 Å². The molecule has 0 radical (unpaired) electrons. The van der Waals surface area contributed by atoms with Crippen LogP contribution in [0.4, 0.5) is 11.4 Å². The number of nitrogens with two attached hydrogens (primary N) is 1. The monoisotopic (exact) mass is 472 g/mol. The second kappa shape index (κ2) is 11.2. The molecule has 4 nitrogen and oxygen atoms in total. The average molecular weight is 473 g/mol. The van der Waals surface area contributed by atoms with E-state index < -0.39 is 5.60 Å². The Bertz CT molecular complexity index is 851. The summed E-state index contributed by atoms with van der Waals surface area (Å²) in [6.07, 6.45) is 6.13. The third-order valence-electron chi connectivity index (χ3n) is 5.19. The van der Waals surface area contributed by atoms with E-state index in [4.69, 9.17) is 10.5 Å². The number of benzene rings is 2. The standard InChI is InChI=1S/C25H33BrN2O2/c1-5-7-8-9-18-30-19(3)25(29,20-13-15-21(26)16-14-20)24-22(27)11-10-12-23(24)28(4)17-6-2/h6,10-16,29H,2-3,5,7-9,17-18,27H2,1,4H3. The van der Waals surface area contributed by atoms with Gasteiger partial charge < -0.3 is 20.5 Å². The summed E-state index contributed by atoms with van der Waals surface area (Å²) in [6, 6.07) is 13.1. The topological polar surface area (TPSA) is 58.7 Å². The number of unbranched alkanes of at least 4 members (excludes halogenated alkanes) is 3. The van der Waals surface area contributed by atoms with Crippen LogP contribution in [0.3, 0.4) is 0 Å². The van der Waals surface area contributed by atoms with Crippen molar-refractivity contribution < 1.29 is 9.84 Å². The Labute approximate surface area is 189 Å². The summed E-state index contributed by atoms with van der Waals surface area (Å²) < 4.78 is 6.91. The number of nitrogens with zero attached hydrogens (tertiary/aromatic N) is 1. The highest BCUT2D eigenvalue weighted by Gasteiger charge is 2.40. The van der Waals surface area contributed by atoms with Gasteiger partial charge in [-0.1, -0.05) is 73.0 Å². The Balaban J connectivity index is 2.53. The molecule has 0 saturated heterocycles. The zero-order valence-corrected chi connectivity index (χ0v) is 19.6. The minimum absolute atomic E-state index is 0.271. The van der Waals surface area contributed by atoms with Gasteiger partial charge in [0, 0.05) is 35.0 Å². The van der Waals surface area contributed by atoms with Gasteiger partial charge in [0.1, 0.15) is 5.76 Å². The summed E-state index contributed by atoms with van der Waals surface area (Å²) in [5, 5.41) is 12.1. The molecule has 1 atom stereocenters. The fourth-order valence-corrected chi connectivity index (χ4v) is 3.79. The van der Waals surface area contributed by atoms with Crippen molar-refractivity contribution in [3.63, 3.8) is 0 Å². The first-order valence-electron chi connectivity index (χ1n) is 10.4. The molecular weight excluding hydrogens is 440 g/mol. The van der Waals surface area contributed by atoms with Crippen molar-refractivity contribution in [2.24, 2.45) is 0 Å². The smallest absolute Gasteiger partial charge is 0.175 e. The summed E-state index contributed by atoms with van der Waals surface area (Å²) in [7, 11) is 1.94. The van der Waals surface area contributed by atoms with Gasteiger partial charge in [0.25, 0.3) is 0 Å². The number of hydrogen-bond acceptors (Lipinski definition) is 4. The number of halogens is 1. The first-order valence-corrected chi connectivity index (χ1v) is 11.2. The zero-order valence-electron chi connectivity index (χ0n) is 18.0. The van der Waals surface area contributed by atoms with Crippen molar-refractivity contribution in [3.05, 3.63) is 83.1 Å². The largest absolute Gasteiger partial charge is 0.495 e. The van der Waals surface area contributed by atoms with E-state index >= 15 is 0 Å². The van der Waals surface area contributed by atoms with Crippen molar-refractivity contribution in [2.75, 3.05) is 30.8 Å². The fourth-order valence-electron chi connectivity index (χ4n) is 3.53. The highest BCUT2D eigenvalue weighted by Crippen LogP contribution is 2.44. The Morgan fingerprint density at radius 3 is 2.53 bits per heavy atom. The van der Waals surface area contributed by atoms with Gasteiger partial charge in [-0.25, -0.2) is 0 Å². The van der Waals surface area contributed by atoms with E-state index in [1.807, 2.05) is 54.4 Å². The fraction of sp³-hybridized carbons (Fsp3) is 0.360. The van der Waals surface area contributed by atoms with Crippen LogP contribution in [0.25, 0.3) is 0 Å². The van der Waals surface area contributed by atoms with Crippen LogP contribution in [-0.2, 0) is 10.3 Å². The molecule has 0 saturated carbocycles. The molecule has 0 aliphatic rings. The molecule has 0 spiro atoms. The molecule has 0 heterocycles. The number of likely N-dealkylation sites (N-methyl/N-ethyl adjacent to an activating group) is 1. The molecule has 1 unspecified atom stereocenters. The molecule has 0 aromatic heterocycles. The van der Waals surface area contributed by atoms with Crippen molar-refractivity contribution in [1.82, 2.24) is 0 Å². The average Bonchev–Trinajstić information content (AvgIpc) is 2.73. The lowest BCUT2D eigenvalue weighted by Crippen LogP contribution is -2.34. The zero-order chi connectivity index (χ0) is 22.1. The molecule has 2 rings (SSSR count). The van der Waals surface area contributed by atoms with Crippen LogP contribution >= 0.6 is 15.9 Å². The Kier molecular flexibility index (Phi) is 9.00. The summed E-state index contributed by atoms with van der Waals surface area (Å²) in [5.41, 5.74) is 7.32. The van der Waals surface area contributed by atoms with Crippen LogP contribution in [0.15, 0.2) is 71.9 Å².